The minimum atomic E-state index is -4.83. The van der Waals surface area contributed by atoms with Crippen molar-refractivity contribution in [3.8, 4) is 11.1 Å². The van der Waals surface area contributed by atoms with Crippen molar-refractivity contribution in [2.75, 3.05) is 18.0 Å². The summed E-state index contributed by atoms with van der Waals surface area (Å²) < 4.78 is 46.1. The van der Waals surface area contributed by atoms with E-state index in [0.717, 1.165) is 12.8 Å². The number of carbonyl (C=O) groups is 2. The maximum absolute atomic E-state index is 13.6. The molecular weight excluding hydrogens is 451 g/mol. The highest BCUT2D eigenvalue weighted by molar-refractivity contribution is 5.96. The molecule has 1 N–H and O–H groups in total. The lowest BCUT2D eigenvalue weighted by atomic mass is 10.0. The minimum Gasteiger partial charge on any atom is -0.478 e. The van der Waals surface area contributed by atoms with Gasteiger partial charge in [-0.25, -0.2) is 4.79 Å². The van der Waals surface area contributed by atoms with Crippen molar-refractivity contribution in [1.29, 1.82) is 0 Å². The second kappa shape index (κ2) is 9.28. The summed E-state index contributed by atoms with van der Waals surface area (Å²) in [5, 5.41) is 8.99. The van der Waals surface area contributed by atoms with Gasteiger partial charge in [-0.15, -0.1) is 0 Å². The fourth-order valence-corrected chi connectivity index (χ4v) is 3.94. The Bertz CT molecular complexity index is 1190. The number of anilines is 1. The van der Waals surface area contributed by atoms with Crippen LogP contribution >= 0.6 is 0 Å². The number of carboxylic acids is 1. The standard InChI is InChI=1S/C24H22F3N3O4/c1-14-3-2-10-30(13-14)23-29-21(24(25,26)27)20(34-23)19(31)11-18-9-8-17(12-28-18)15-4-6-16(7-5-15)22(32)33/h4-9,12,14H,2-3,10-11,13H2,1H3,(H,32,33). The van der Waals surface area contributed by atoms with Crippen LogP contribution in [0.1, 0.15) is 52.1 Å². The third kappa shape index (κ3) is 5.11. The molecule has 3 aromatic rings. The molecule has 0 spiro atoms. The van der Waals surface area contributed by atoms with Gasteiger partial charge in [0.1, 0.15) is 0 Å². The van der Waals surface area contributed by atoms with Gasteiger partial charge in [-0.1, -0.05) is 25.1 Å². The molecule has 1 aromatic carbocycles. The van der Waals surface area contributed by atoms with Crippen LogP contribution in [0.2, 0.25) is 0 Å². The summed E-state index contributed by atoms with van der Waals surface area (Å²) in [4.78, 5) is 33.2. The smallest absolute Gasteiger partial charge is 0.437 e. The highest BCUT2D eigenvalue weighted by Crippen LogP contribution is 2.35. The van der Waals surface area contributed by atoms with Crippen LogP contribution in [0.25, 0.3) is 11.1 Å². The largest absolute Gasteiger partial charge is 0.478 e. The average molecular weight is 473 g/mol. The number of piperidine rings is 1. The quantitative estimate of drug-likeness (QED) is 0.497. The van der Waals surface area contributed by atoms with Crippen molar-refractivity contribution in [3.63, 3.8) is 0 Å². The molecule has 0 aliphatic carbocycles. The summed E-state index contributed by atoms with van der Waals surface area (Å²) in [6.45, 7) is 3.04. The number of carbonyl (C=O) groups excluding carboxylic acids is 1. The van der Waals surface area contributed by atoms with Crippen LogP contribution in [0.15, 0.2) is 47.0 Å². The van der Waals surface area contributed by atoms with Crippen LogP contribution < -0.4 is 4.90 Å². The zero-order chi connectivity index (χ0) is 24.5. The summed E-state index contributed by atoms with van der Waals surface area (Å²) in [5.41, 5.74) is 0.481. The van der Waals surface area contributed by atoms with Gasteiger partial charge in [0.15, 0.2) is 5.69 Å². The maximum Gasteiger partial charge on any atom is 0.437 e. The third-order valence-electron chi connectivity index (χ3n) is 5.70. The highest BCUT2D eigenvalue weighted by Gasteiger charge is 2.42. The molecule has 0 amide bonds. The maximum atomic E-state index is 13.6. The number of alkyl halides is 3. The molecule has 1 unspecified atom stereocenters. The molecule has 0 radical (unpaired) electrons. The van der Waals surface area contributed by atoms with E-state index in [2.05, 4.69) is 9.97 Å². The average Bonchev–Trinajstić information content (AvgIpc) is 3.26. The SMILES string of the molecule is CC1CCCN(c2nc(C(F)(F)F)c(C(=O)Cc3ccc(-c4ccc(C(=O)O)cc4)cn3)o2)C1. The lowest BCUT2D eigenvalue weighted by Gasteiger charge is -2.29. The molecule has 1 atom stereocenters. The highest BCUT2D eigenvalue weighted by atomic mass is 19.4. The van der Waals surface area contributed by atoms with Crippen LogP contribution in [-0.4, -0.2) is 39.9 Å². The number of Topliss-reactive ketones (excluding diaryl/α,β-unsaturated/α-hetero) is 1. The summed E-state index contributed by atoms with van der Waals surface area (Å²) in [7, 11) is 0. The summed E-state index contributed by atoms with van der Waals surface area (Å²) in [5.74, 6) is -2.42. The zero-order valence-electron chi connectivity index (χ0n) is 18.3. The summed E-state index contributed by atoms with van der Waals surface area (Å²) >= 11 is 0. The third-order valence-corrected chi connectivity index (χ3v) is 5.70. The Labute approximate surface area is 193 Å². The van der Waals surface area contributed by atoms with Gasteiger partial charge in [0, 0.05) is 30.5 Å². The van der Waals surface area contributed by atoms with E-state index in [-0.39, 0.29) is 29.6 Å². The lowest BCUT2D eigenvalue weighted by molar-refractivity contribution is -0.141. The van der Waals surface area contributed by atoms with Crippen molar-refractivity contribution in [2.24, 2.45) is 5.92 Å². The van der Waals surface area contributed by atoms with Crippen LogP contribution in [-0.2, 0) is 12.6 Å². The molecule has 1 saturated heterocycles. The molecule has 178 valence electrons. The number of benzene rings is 1. The molecule has 34 heavy (non-hydrogen) atoms. The Hall–Kier alpha value is -3.69. The van der Waals surface area contributed by atoms with E-state index in [4.69, 9.17) is 9.52 Å². The van der Waals surface area contributed by atoms with Gasteiger partial charge in [0.2, 0.25) is 11.5 Å². The van der Waals surface area contributed by atoms with Crippen molar-refractivity contribution in [2.45, 2.75) is 32.4 Å². The monoisotopic (exact) mass is 473 g/mol. The van der Waals surface area contributed by atoms with E-state index in [9.17, 15) is 22.8 Å². The Balaban J connectivity index is 1.53. The van der Waals surface area contributed by atoms with Crippen molar-refractivity contribution < 1.29 is 32.3 Å². The van der Waals surface area contributed by atoms with Gasteiger partial charge in [0.25, 0.3) is 6.01 Å². The Morgan fingerprint density at radius 3 is 2.44 bits per heavy atom. The molecule has 0 bridgehead atoms. The van der Waals surface area contributed by atoms with Gasteiger partial charge < -0.3 is 14.4 Å². The number of rotatable bonds is 6. The number of oxazole rings is 1. The van der Waals surface area contributed by atoms with Gasteiger partial charge in [-0.3, -0.25) is 9.78 Å². The first-order valence-corrected chi connectivity index (χ1v) is 10.8. The Kier molecular flexibility index (Phi) is 6.41. The minimum absolute atomic E-state index is 0.143. The van der Waals surface area contributed by atoms with E-state index in [1.807, 2.05) is 6.92 Å². The Morgan fingerprint density at radius 2 is 1.85 bits per heavy atom. The van der Waals surface area contributed by atoms with Gasteiger partial charge in [-0.05, 0) is 42.5 Å². The molecule has 1 aliphatic heterocycles. The first-order valence-electron chi connectivity index (χ1n) is 10.8. The number of aromatic nitrogens is 2. The molecular formula is C24H22F3N3O4. The predicted octanol–water partition coefficient (Wildman–Crippen LogP) is 5.12. The van der Waals surface area contributed by atoms with Gasteiger partial charge in [0.05, 0.1) is 12.0 Å². The summed E-state index contributed by atoms with van der Waals surface area (Å²) in [6, 6.07) is 9.18. The first kappa shape index (κ1) is 23.5. The number of hydrogen-bond acceptors (Lipinski definition) is 6. The number of hydrogen-bond donors (Lipinski definition) is 1. The topological polar surface area (TPSA) is 96.5 Å². The molecule has 10 heteroatoms. The molecule has 2 aromatic heterocycles. The van der Waals surface area contributed by atoms with Gasteiger partial charge >= 0.3 is 12.1 Å². The number of carboxylic acid groups (broad SMARTS) is 1. The van der Waals surface area contributed by atoms with Crippen LogP contribution in [0, 0.1) is 5.92 Å². The molecule has 1 fully saturated rings. The number of nitrogens with zero attached hydrogens (tertiary/aromatic N) is 3. The molecule has 7 nitrogen and oxygen atoms in total. The van der Waals surface area contributed by atoms with E-state index in [0.29, 0.717) is 24.2 Å². The van der Waals surface area contributed by atoms with Crippen molar-refractivity contribution in [1.82, 2.24) is 9.97 Å². The fourth-order valence-electron chi connectivity index (χ4n) is 3.94. The van der Waals surface area contributed by atoms with Gasteiger partial charge in [-0.2, -0.15) is 18.2 Å². The number of ketones is 1. The second-order valence-corrected chi connectivity index (χ2v) is 8.39. The number of halogens is 3. The van der Waals surface area contributed by atoms with Crippen LogP contribution in [0.3, 0.4) is 0 Å². The molecule has 0 saturated carbocycles. The number of pyridine rings is 1. The van der Waals surface area contributed by atoms with E-state index >= 15 is 0 Å². The van der Waals surface area contributed by atoms with Crippen LogP contribution in [0.4, 0.5) is 19.2 Å². The number of aromatic carboxylic acids is 1. The lowest BCUT2D eigenvalue weighted by Crippen LogP contribution is -2.34. The normalized spacial score (nSPS) is 16.5. The predicted molar refractivity (Wildman–Crippen MR) is 117 cm³/mol. The summed E-state index contributed by atoms with van der Waals surface area (Å²) in [6.07, 6.45) is -1.95. The van der Waals surface area contributed by atoms with E-state index in [1.54, 1.807) is 23.1 Å². The van der Waals surface area contributed by atoms with E-state index < -0.39 is 29.4 Å². The van der Waals surface area contributed by atoms with Crippen molar-refractivity contribution in [3.05, 3.63) is 65.3 Å². The zero-order valence-corrected chi connectivity index (χ0v) is 18.3. The molecule has 3 heterocycles. The van der Waals surface area contributed by atoms with Crippen molar-refractivity contribution >= 4 is 17.8 Å². The van der Waals surface area contributed by atoms with Crippen LogP contribution in [0.5, 0.6) is 0 Å². The first-order chi connectivity index (χ1) is 16.1. The molecule has 1 aliphatic rings. The van der Waals surface area contributed by atoms with E-state index in [1.165, 1.54) is 24.4 Å². The second-order valence-electron chi connectivity index (χ2n) is 8.39. The fraction of sp³-hybridized carbons (Fsp3) is 0.333. The Morgan fingerprint density at radius 1 is 1.15 bits per heavy atom. The molecule has 4 rings (SSSR count).